The van der Waals surface area contributed by atoms with E-state index in [1.807, 2.05) is 38.1 Å². The Morgan fingerprint density at radius 3 is 2.62 bits per heavy atom. The molecule has 1 fully saturated rings. The third kappa shape index (κ3) is 4.51. The van der Waals surface area contributed by atoms with Crippen molar-refractivity contribution in [1.82, 2.24) is 4.90 Å². The van der Waals surface area contributed by atoms with Gasteiger partial charge in [-0.15, -0.1) is 0 Å². The number of amides is 1. The molecule has 1 amide bonds. The molecule has 1 aromatic rings. The monoisotopic (exact) mass is 365 g/mol. The van der Waals surface area contributed by atoms with Gasteiger partial charge >= 0.3 is 0 Å². The molecule has 6 heteroatoms. The summed E-state index contributed by atoms with van der Waals surface area (Å²) in [6.45, 7) is 7.81. The number of benzene rings is 1. The highest BCUT2D eigenvalue weighted by Crippen LogP contribution is 2.34. The van der Waals surface area contributed by atoms with Gasteiger partial charge < -0.3 is 9.47 Å². The number of carbonyl (C=O) groups excluding carboxylic acids is 1. The van der Waals surface area contributed by atoms with Crippen molar-refractivity contribution >= 4 is 40.3 Å². The molecular formula is C18H23NO3S2. The third-order valence-corrected chi connectivity index (χ3v) is 4.89. The fourth-order valence-electron chi connectivity index (χ4n) is 2.25. The quantitative estimate of drug-likeness (QED) is 0.386. The molecule has 0 aromatic heterocycles. The van der Waals surface area contributed by atoms with Crippen LogP contribution in [0.3, 0.4) is 0 Å². The van der Waals surface area contributed by atoms with E-state index in [0.717, 1.165) is 24.2 Å². The summed E-state index contributed by atoms with van der Waals surface area (Å²) in [6, 6.07) is 5.73. The minimum absolute atomic E-state index is 0.0336. The van der Waals surface area contributed by atoms with E-state index in [9.17, 15) is 4.79 Å². The van der Waals surface area contributed by atoms with Gasteiger partial charge in [0.15, 0.2) is 11.5 Å². The maximum absolute atomic E-state index is 12.3. The Bertz CT molecular complexity index is 643. The summed E-state index contributed by atoms with van der Waals surface area (Å²) in [7, 11) is 0. The minimum atomic E-state index is -0.0336. The van der Waals surface area contributed by atoms with Gasteiger partial charge in [-0.2, -0.15) is 0 Å². The Morgan fingerprint density at radius 1 is 1.21 bits per heavy atom. The van der Waals surface area contributed by atoms with E-state index in [0.29, 0.717) is 34.7 Å². The van der Waals surface area contributed by atoms with E-state index in [4.69, 9.17) is 21.7 Å². The molecule has 0 N–H and O–H groups in total. The lowest BCUT2D eigenvalue weighted by Crippen LogP contribution is -2.27. The van der Waals surface area contributed by atoms with Gasteiger partial charge in [0, 0.05) is 6.54 Å². The molecule has 1 saturated heterocycles. The largest absolute Gasteiger partial charge is 0.490 e. The predicted molar refractivity (Wildman–Crippen MR) is 104 cm³/mol. The van der Waals surface area contributed by atoms with Crippen LogP contribution in [-0.2, 0) is 4.79 Å². The lowest BCUT2D eigenvalue weighted by Gasteiger charge is -2.12. The van der Waals surface area contributed by atoms with Crippen molar-refractivity contribution < 1.29 is 14.3 Å². The second-order valence-corrected chi connectivity index (χ2v) is 6.94. The first-order valence-electron chi connectivity index (χ1n) is 8.25. The van der Waals surface area contributed by atoms with Gasteiger partial charge in [-0.05, 0) is 44.0 Å². The Labute approximate surface area is 153 Å². The van der Waals surface area contributed by atoms with Crippen LogP contribution >= 0.6 is 24.0 Å². The van der Waals surface area contributed by atoms with Crippen LogP contribution in [-0.4, -0.2) is 34.9 Å². The van der Waals surface area contributed by atoms with Crippen LogP contribution in [0.5, 0.6) is 11.5 Å². The Morgan fingerprint density at radius 2 is 2.00 bits per heavy atom. The van der Waals surface area contributed by atoms with E-state index in [2.05, 4.69) is 6.92 Å². The summed E-state index contributed by atoms with van der Waals surface area (Å²) in [5.41, 5.74) is 0.901. The number of likely N-dealkylation sites (N-methyl/N-ethyl adjacent to an activating group) is 1. The van der Waals surface area contributed by atoms with Crippen molar-refractivity contribution in [3.05, 3.63) is 28.7 Å². The lowest BCUT2D eigenvalue weighted by molar-refractivity contribution is -0.121. The molecule has 24 heavy (non-hydrogen) atoms. The smallest absolute Gasteiger partial charge is 0.266 e. The van der Waals surface area contributed by atoms with Gasteiger partial charge in [0.2, 0.25) is 0 Å². The number of ether oxygens (including phenoxy) is 2. The van der Waals surface area contributed by atoms with Gasteiger partial charge in [-0.25, -0.2) is 0 Å². The number of carbonyl (C=O) groups is 1. The van der Waals surface area contributed by atoms with Crippen LogP contribution in [0.4, 0.5) is 0 Å². The summed E-state index contributed by atoms with van der Waals surface area (Å²) in [5, 5.41) is 0. The first kappa shape index (κ1) is 18.8. The molecule has 0 radical (unpaired) electrons. The van der Waals surface area contributed by atoms with Gasteiger partial charge in [0.1, 0.15) is 4.32 Å². The van der Waals surface area contributed by atoms with Gasteiger partial charge in [-0.3, -0.25) is 9.69 Å². The van der Waals surface area contributed by atoms with Crippen LogP contribution in [0.2, 0.25) is 0 Å². The number of thiocarbonyl (C=S) groups is 1. The lowest BCUT2D eigenvalue weighted by atomic mass is 10.2. The van der Waals surface area contributed by atoms with Crippen LogP contribution in [0, 0.1) is 0 Å². The number of rotatable bonds is 8. The zero-order chi connectivity index (χ0) is 17.5. The second-order valence-electron chi connectivity index (χ2n) is 5.27. The topological polar surface area (TPSA) is 38.8 Å². The van der Waals surface area contributed by atoms with Crippen molar-refractivity contribution in [3.8, 4) is 11.5 Å². The van der Waals surface area contributed by atoms with Gasteiger partial charge in [-0.1, -0.05) is 43.4 Å². The molecule has 0 saturated carbocycles. The zero-order valence-corrected chi connectivity index (χ0v) is 16.0. The first-order chi connectivity index (χ1) is 11.6. The number of nitrogens with zero attached hydrogens (tertiary/aromatic N) is 1. The first-order valence-corrected chi connectivity index (χ1v) is 9.48. The maximum atomic E-state index is 12.3. The molecule has 0 spiro atoms. The molecule has 0 bridgehead atoms. The highest BCUT2D eigenvalue weighted by molar-refractivity contribution is 8.26. The molecule has 1 aliphatic rings. The predicted octanol–water partition coefficient (Wildman–Crippen LogP) is 4.49. The molecule has 1 aliphatic heterocycles. The summed E-state index contributed by atoms with van der Waals surface area (Å²) in [6.07, 6.45) is 3.95. The molecule has 0 unspecified atom stereocenters. The number of hydrogen-bond acceptors (Lipinski definition) is 5. The van der Waals surface area contributed by atoms with E-state index in [1.54, 1.807) is 4.90 Å². The fourth-order valence-corrected chi connectivity index (χ4v) is 3.64. The van der Waals surface area contributed by atoms with Crippen molar-refractivity contribution in [2.75, 3.05) is 19.8 Å². The van der Waals surface area contributed by atoms with Crippen LogP contribution in [0.1, 0.15) is 39.2 Å². The molecule has 0 aliphatic carbocycles. The average Bonchev–Trinajstić information content (AvgIpc) is 2.83. The summed E-state index contributed by atoms with van der Waals surface area (Å²) in [5.74, 6) is 1.41. The van der Waals surface area contributed by atoms with Crippen LogP contribution in [0.15, 0.2) is 23.1 Å². The number of unbranched alkanes of at least 4 members (excludes halogenated alkanes) is 1. The molecular weight excluding hydrogens is 342 g/mol. The van der Waals surface area contributed by atoms with E-state index < -0.39 is 0 Å². The molecule has 4 nitrogen and oxygen atoms in total. The normalized spacial score (nSPS) is 16.1. The Balaban J connectivity index is 2.22. The SMILES string of the molecule is CCCCOc1ccc(/C=C2\SC(=S)N(CC)C2=O)cc1OCC. The van der Waals surface area contributed by atoms with Crippen LogP contribution in [0.25, 0.3) is 6.08 Å². The second kappa shape index (κ2) is 9.08. The van der Waals surface area contributed by atoms with Crippen molar-refractivity contribution in [2.24, 2.45) is 0 Å². The molecule has 1 aromatic carbocycles. The van der Waals surface area contributed by atoms with Gasteiger partial charge in [0.25, 0.3) is 5.91 Å². The summed E-state index contributed by atoms with van der Waals surface area (Å²) in [4.78, 5) is 14.5. The Hall–Kier alpha value is -1.53. The zero-order valence-electron chi connectivity index (χ0n) is 14.3. The van der Waals surface area contributed by atoms with Crippen molar-refractivity contribution in [3.63, 3.8) is 0 Å². The molecule has 130 valence electrons. The molecule has 2 rings (SSSR count). The van der Waals surface area contributed by atoms with E-state index in [1.165, 1.54) is 11.8 Å². The molecule has 1 heterocycles. The molecule has 0 atom stereocenters. The Kier molecular flexibility index (Phi) is 7.12. The maximum Gasteiger partial charge on any atom is 0.266 e. The fraction of sp³-hybridized carbons (Fsp3) is 0.444. The summed E-state index contributed by atoms with van der Waals surface area (Å²) < 4.78 is 12.1. The van der Waals surface area contributed by atoms with E-state index >= 15 is 0 Å². The van der Waals surface area contributed by atoms with Crippen LogP contribution < -0.4 is 9.47 Å². The summed E-state index contributed by atoms with van der Waals surface area (Å²) >= 11 is 6.58. The third-order valence-electron chi connectivity index (χ3n) is 3.51. The standard InChI is InChI=1S/C18H23NO3S2/c1-4-7-10-22-14-9-8-13(11-15(14)21-6-3)12-16-17(20)19(5-2)18(23)24-16/h8-9,11-12H,4-7,10H2,1-3H3/b16-12-. The van der Waals surface area contributed by atoms with E-state index in [-0.39, 0.29) is 5.91 Å². The average molecular weight is 366 g/mol. The highest BCUT2D eigenvalue weighted by Gasteiger charge is 2.30. The van der Waals surface area contributed by atoms with Gasteiger partial charge in [0.05, 0.1) is 18.1 Å². The minimum Gasteiger partial charge on any atom is -0.490 e. The van der Waals surface area contributed by atoms with Crippen molar-refractivity contribution in [1.29, 1.82) is 0 Å². The number of hydrogen-bond donors (Lipinski definition) is 0. The van der Waals surface area contributed by atoms with Crippen molar-refractivity contribution in [2.45, 2.75) is 33.6 Å². The highest BCUT2D eigenvalue weighted by atomic mass is 32.2. The number of thioether (sulfide) groups is 1.